The van der Waals surface area contributed by atoms with Gasteiger partial charge >= 0.3 is 11.8 Å². The van der Waals surface area contributed by atoms with Crippen LogP contribution in [0.5, 0.6) is 0 Å². The Labute approximate surface area is 117 Å². The number of halogens is 3. The monoisotopic (exact) mass is 294 g/mol. The summed E-state index contributed by atoms with van der Waals surface area (Å²) in [5.41, 5.74) is -0.680. The van der Waals surface area contributed by atoms with Gasteiger partial charge in [0.1, 0.15) is 17.5 Å². The van der Waals surface area contributed by atoms with E-state index in [-0.39, 0.29) is 5.69 Å². The molecule has 0 aromatic heterocycles. The first-order chi connectivity index (χ1) is 9.97. The van der Waals surface area contributed by atoms with E-state index < -0.39 is 35.0 Å². The highest BCUT2D eigenvalue weighted by Crippen LogP contribution is 2.16. The Balaban J connectivity index is 2.08. The molecule has 0 radical (unpaired) electrons. The number of amides is 2. The van der Waals surface area contributed by atoms with Gasteiger partial charge in [-0.15, -0.1) is 0 Å². The van der Waals surface area contributed by atoms with Crippen LogP contribution in [0.3, 0.4) is 0 Å². The first-order valence-electron chi connectivity index (χ1n) is 5.79. The van der Waals surface area contributed by atoms with Crippen LogP contribution in [0.2, 0.25) is 0 Å². The standard InChI is InChI=1S/C14H9F3N2O2/c15-8-5-6-10(17)12(7-8)19-14(21)13(20)18-11-4-2-1-3-9(11)16/h1-7H,(H,18,20)(H,19,21). The van der Waals surface area contributed by atoms with Crippen molar-refractivity contribution >= 4 is 23.2 Å². The van der Waals surface area contributed by atoms with Crippen molar-refractivity contribution in [2.24, 2.45) is 0 Å². The van der Waals surface area contributed by atoms with Crippen LogP contribution in [0.1, 0.15) is 0 Å². The lowest BCUT2D eigenvalue weighted by molar-refractivity contribution is -0.133. The zero-order chi connectivity index (χ0) is 15.4. The smallest absolute Gasteiger partial charge is 0.314 e. The number of nitrogens with one attached hydrogen (secondary N) is 2. The third kappa shape index (κ3) is 3.59. The SMILES string of the molecule is O=C(Nc1ccccc1F)C(=O)Nc1cc(F)ccc1F. The normalized spacial score (nSPS) is 10.0. The number of benzene rings is 2. The van der Waals surface area contributed by atoms with E-state index in [2.05, 4.69) is 0 Å². The zero-order valence-electron chi connectivity index (χ0n) is 10.5. The maximum absolute atomic E-state index is 13.3. The summed E-state index contributed by atoms with van der Waals surface area (Å²) in [4.78, 5) is 23.1. The number of para-hydroxylation sites is 1. The predicted octanol–water partition coefficient (Wildman–Crippen LogP) is 2.68. The number of carbonyl (C=O) groups is 2. The van der Waals surface area contributed by atoms with Crippen molar-refractivity contribution < 1.29 is 22.8 Å². The molecule has 0 bridgehead atoms. The van der Waals surface area contributed by atoms with Gasteiger partial charge in [0.15, 0.2) is 0 Å². The quantitative estimate of drug-likeness (QED) is 0.837. The highest BCUT2D eigenvalue weighted by molar-refractivity contribution is 6.43. The van der Waals surface area contributed by atoms with Gasteiger partial charge in [0.2, 0.25) is 0 Å². The Morgan fingerprint density at radius 3 is 2.00 bits per heavy atom. The largest absolute Gasteiger partial charge is 0.315 e. The Kier molecular flexibility index (Phi) is 4.22. The van der Waals surface area contributed by atoms with Crippen LogP contribution >= 0.6 is 0 Å². The molecule has 0 aliphatic heterocycles. The molecule has 4 nitrogen and oxygen atoms in total. The molecule has 0 heterocycles. The first kappa shape index (κ1) is 14.6. The van der Waals surface area contributed by atoms with E-state index in [1.54, 1.807) is 0 Å². The number of hydrogen-bond acceptors (Lipinski definition) is 2. The highest BCUT2D eigenvalue weighted by atomic mass is 19.1. The van der Waals surface area contributed by atoms with Gasteiger partial charge in [0, 0.05) is 6.07 Å². The van der Waals surface area contributed by atoms with Crippen LogP contribution in [0.4, 0.5) is 24.5 Å². The van der Waals surface area contributed by atoms with Crippen LogP contribution in [0, 0.1) is 17.5 Å². The van der Waals surface area contributed by atoms with E-state index in [9.17, 15) is 22.8 Å². The Bertz CT molecular complexity index is 704. The summed E-state index contributed by atoms with van der Waals surface area (Å²) >= 11 is 0. The van der Waals surface area contributed by atoms with Gasteiger partial charge in [0.25, 0.3) is 0 Å². The van der Waals surface area contributed by atoms with Crippen molar-refractivity contribution in [1.29, 1.82) is 0 Å². The number of rotatable bonds is 2. The van der Waals surface area contributed by atoms with Crippen molar-refractivity contribution in [3.8, 4) is 0 Å². The zero-order valence-corrected chi connectivity index (χ0v) is 10.5. The lowest BCUT2D eigenvalue weighted by Crippen LogP contribution is -2.29. The Morgan fingerprint density at radius 2 is 1.33 bits per heavy atom. The molecule has 0 aliphatic rings. The van der Waals surface area contributed by atoms with E-state index in [4.69, 9.17) is 0 Å². The van der Waals surface area contributed by atoms with Crippen LogP contribution in [-0.2, 0) is 9.59 Å². The van der Waals surface area contributed by atoms with Crippen LogP contribution in [-0.4, -0.2) is 11.8 Å². The lowest BCUT2D eigenvalue weighted by Gasteiger charge is -2.08. The van der Waals surface area contributed by atoms with Gasteiger partial charge in [-0.2, -0.15) is 0 Å². The molecule has 0 fully saturated rings. The van der Waals surface area contributed by atoms with E-state index in [0.717, 1.165) is 24.3 Å². The molecule has 21 heavy (non-hydrogen) atoms. The number of carbonyl (C=O) groups excluding carboxylic acids is 2. The average molecular weight is 294 g/mol. The average Bonchev–Trinajstić information content (AvgIpc) is 2.45. The molecule has 0 spiro atoms. The molecule has 2 aromatic carbocycles. The molecule has 0 unspecified atom stereocenters. The maximum atomic E-state index is 13.3. The molecule has 2 amide bonds. The van der Waals surface area contributed by atoms with Crippen LogP contribution in [0.25, 0.3) is 0 Å². The summed E-state index contributed by atoms with van der Waals surface area (Å²) in [5, 5.41) is 3.92. The van der Waals surface area contributed by atoms with Crippen LogP contribution in [0.15, 0.2) is 42.5 Å². The molecule has 7 heteroatoms. The topological polar surface area (TPSA) is 58.2 Å². The van der Waals surface area contributed by atoms with Crippen molar-refractivity contribution in [3.05, 3.63) is 59.9 Å². The third-order valence-electron chi connectivity index (χ3n) is 2.50. The molecule has 108 valence electrons. The van der Waals surface area contributed by atoms with Crippen molar-refractivity contribution in [2.75, 3.05) is 10.6 Å². The van der Waals surface area contributed by atoms with E-state index in [1.807, 2.05) is 10.6 Å². The molecule has 0 saturated carbocycles. The second kappa shape index (κ2) is 6.08. The highest BCUT2D eigenvalue weighted by Gasteiger charge is 2.17. The first-order valence-corrected chi connectivity index (χ1v) is 5.79. The Hall–Kier alpha value is -2.83. The van der Waals surface area contributed by atoms with Gasteiger partial charge in [-0.05, 0) is 24.3 Å². The number of anilines is 2. The fraction of sp³-hybridized carbons (Fsp3) is 0. The van der Waals surface area contributed by atoms with E-state index >= 15 is 0 Å². The van der Waals surface area contributed by atoms with Crippen LogP contribution < -0.4 is 10.6 Å². The summed E-state index contributed by atoms with van der Waals surface area (Å²) in [6.45, 7) is 0. The summed E-state index contributed by atoms with van der Waals surface area (Å²) < 4.78 is 39.5. The number of hydrogen-bond donors (Lipinski definition) is 2. The molecule has 2 aromatic rings. The molecule has 0 aliphatic carbocycles. The minimum Gasteiger partial charge on any atom is -0.315 e. The molecule has 0 atom stereocenters. The second-order valence-corrected chi connectivity index (χ2v) is 4.01. The molecule has 2 N–H and O–H groups in total. The van der Waals surface area contributed by atoms with E-state index in [0.29, 0.717) is 0 Å². The summed E-state index contributed by atoms with van der Waals surface area (Å²) in [7, 11) is 0. The van der Waals surface area contributed by atoms with Gasteiger partial charge in [-0.1, -0.05) is 12.1 Å². The molecule has 0 saturated heterocycles. The van der Waals surface area contributed by atoms with Crippen molar-refractivity contribution in [2.45, 2.75) is 0 Å². The second-order valence-electron chi connectivity index (χ2n) is 4.01. The summed E-state index contributed by atoms with van der Waals surface area (Å²) in [6.07, 6.45) is 0. The molecular formula is C14H9F3N2O2. The molecular weight excluding hydrogens is 285 g/mol. The molecule has 2 rings (SSSR count). The minimum absolute atomic E-state index is 0.197. The fourth-order valence-corrected chi connectivity index (χ4v) is 1.51. The maximum Gasteiger partial charge on any atom is 0.314 e. The van der Waals surface area contributed by atoms with Crippen molar-refractivity contribution in [3.63, 3.8) is 0 Å². The van der Waals surface area contributed by atoms with Crippen molar-refractivity contribution in [1.82, 2.24) is 0 Å². The Morgan fingerprint density at radius 1 is 0.762 bits per heavy atom. The van der Waals surface area contributed by atoms with Gasteiger partial charge in [0.05, 0.1) is 11.4 Å². The predicted molar refractivity (Wildman–Crippen MR) is 70.0 cm³/mol. The van der Waals surface area contributed by atoms with E-state index in [1.165, 1.54) is 18.2 Å². The van der Waals surface area contributed by atoms with Gasteiger partial charge in [-0.25, -0.2) is 13.2 Å². The summed E-state index contributed by atoms with van der Waals surface area (Å²) in [5.74, 6) is -4.85. The fourth-order valence-electron chi connectivity index (χ4n) is 1.51. The van der Waals surface area contributed by atoms with Gasteiger partial charge < -0.3 is 10.6 Å². The van der Waals surface area contributed by atoms with Gasteiger partial charge in [-0.3, -0.25) is 9.59 Å². The lowest BCUT2D eigenvalue weighted by atomic mass is 10.3. The summed E-state index contributed by atoms with van der Waals surface area (Å²) in [6, 6.07) is 7.62. The minimum atomic E-state index is -1.25. The third-order valence-corrected chi connectivity index (χ3v) is 2.50.